The average molecular weight is 408 g/mol. The quantitative estimate of drug-likeness (QED) is 0.312. The highest BCUT2D eigenvalue weighted by Gasteiger charge is 2.19. The topological polar surface area (TPSA) is 47.8 Å². The van der Waals surface area contributed by atoms with Crippen LogP contribution in [-0.4, -0.2) is 20.9 Å². The van der Waals surface area contributed by atoms with Crippen molar-refractivity contribution in [2.45, 2.75) is 6.92 Å². The van der Waals surface area contributed by atoms with E-state index in [1.807, 2.05) is 43.3 Å². The molecular formula is C22H15Cl2N3O. The van der Waals surface area contributed by atoms with Crippen molar-refractivity contribution in [3.8, 4) is 0 Å². The number of rotatable bonds is 3. The van der Waals surface area contributed by atoms with Crippen LogP contribution in [0.3, 0.4) is 0 Å². The van der Waals surface area contributed by atoms with Gasteiger partial charge in [0.2, 0.25) is 0 Å². The predicted molar refractivity (Wildman–Crippen MR) is 114 cm³/mol. The first-order chi connectivity index (χ1) is 13.5. The molecule has 0 radical (unpaired) electrons. The highest BCUT2D eigenvalue weighted by molar-refractivity contribution is 6.32. The van der Waals surface area contributed by atoms with E-state index in [4.69, 9.17) is 23.2 Å². The van der Waals surface area contributed by atoms with E-state index >= 15 is 0 Å². The van der Waals surface area contributed by atoms with Crippen LogP contribution in [0.1, 0.15) is 21.5 Å². The molecule has 4 aromatic rings. The summed E-state index contributed by atoms with van der Waals surface area (Å²) in [4.78, 5) is 13.4. The lowest BCUT2D eigenvalue weighted by atomic mass is 10.0. The first-order valence-corrected chi connectivity index (χ1v) is 9.37. The number of nitrogens with zero attached hydrogens (tertiary/aromatic N) is 3. The van der Waals surface area contributed by atoms with Gasteiger partial charge in [-0.05, 0) is 66.1 Å². The van der Waals surface area contributed by atoms with Crippen LogP contribution in [0.5, 0.6) is 0 Å². The number of halogens is 2. The number of fused-ring (bicyclic) bond motifs is 1. The van der Waals surface area contributed by atoms with E-state index in [1.54, 1.807) is 36.4 Å². The SMILES string of the molecule is Cc1ccc2c(c1)nnn2C(=O)/C(=C/c1cccc(Cl)c1)c1cccc(Cl)c1. The Morgan fingerprint density at radius 3 is 2.46 bits per heavy atom. The van der Waals surface area contributed by atoms with Gasteiger partial charge in [-0.15, -0.1) is 5.10 Å². The van der Waals surface area contributed by atoms with Gasteiger partial charge in [-0.2, -0.15) is 4.68 Å². The van der Waals surface area contributed by atoms with Gasteiger partial charge in [-0.3, -0.25) is 4.79 Å². The minimum absolute atomic E-state index is 0.298. The molecule has 4 rings (SSSR count). The number of hydrogen-bond donors (Lipinski definition) is 0. The number of carbonyl (C=O) groups excluding carboxylic acids is 1. The molecular weight excluding hydrogens is 393 g/mol. The van der Waals surface area contributed by atoms with Gasteiger partial charge in [0.25, 0.3) is 5.91 Å². The van der Waals surface area contributed by atoms with Crippen molar-refractivity contribution in [1.82, 2.24) is 15.0 Å². The summed E-state index contributed by atoms with van der Waals surface area (Å²) in [6, 6.07) is 20.1. The van der Waals surface area contributed by atoms with Crippen LogP contribution in [0.25, 0.3) is 22.7 Å². The van der Waals surface area contributed by atoms with Gasteiger partial charge in [0.1, 0.15) is 5.52 Å². The molecule has 1 aromatic heterocycles. The molecule has 0 N–H and O–H groups in total. The lowest BCUT2D eigenvalue weighted by Crippen LogP contribution is -2.14. The maximum atomic E-state index is 13.4. The zero-order valence-corrected chi connectivity index (χ0v) is 16.4. The van der Waals surface area contributed by atoms with E-state index in [1.165, 1.54) is 4.68 Å². The Kier molecular flexibility index (Phi) is 4.99. The van der Waals surface area contributed by atoms with Crippen LogP contribution in [0.2, 0.25) is 10.0 Å². The van der Waals surface area contributed by atoms with Gasteiger partial charge in [-0.1, -0.05) is 58.7 Å². The molecule has 138 valence electrons. The van der Waals surface area contributed by atoms with Crippen molar-refractivity contribution in [3.05, 3.63) is 93.5 Å². The maximum absolute atomic E-state index is 13.4. The minimum atomic E-state index is -0.298. The minimum Gasteiger partial charge on any atom is -0.267 e. The van der Waals surface area contributed by atoms with Crippen molar-refractivity contribution in [3.63, 3.8) is 0 Å². The standard InChI is InChI=1S/C22H15Cl2N3O/c1-14-8-9-21-20(10-14)25-26-27(21)22(28)19(16-5-3-7-18(24)13-16)12-15-4-2-6-17(23)11-15/h2-13H,1H3/b19-12+. The van der Waals surface area contributed by atoms with Gasteiger partial charge in [0.15, 0.2) is 0 Å². The molecule has 0 atom stereocenters. The summed E-state index contributed by atoms with van der Waals surface area (Å²) in [5.41, 5.74) is 4.30. The average Bonchev–Trinajstić information content (AvgIpc) is 3.08. The lowest BCUT2D eigenvalue weighted by molar-refractivity contribution is 0.0969. The Hall–Kier alpha value is -2.95. The first kappa shape index (κ1) is 18.4. The van der Waals surface area contributed by atoms with Crippen LogP contribution in [0, 0.1) is 6.92 Å². The smallest absolute Gasteiger partial charge is 0.267 e. The number of aromatic nitrogens is 3. The van der Waals surface area contributed by atoms with Crippen molar-refractivity contribution in [1.29, 1.82) is 0 Å². The summed E-state index contributed by atoms with van der Waals surface area (Å²) in [6.45, 7) is 1.97. The molecule has 0 amide bonds. The third-order valence-corrected chi connectivity index (χ3v) is 4.79. The molecule has 4 nitrogen and oxygen atoms in total. The molecule has 6 heteroatoms. The fraction of sp³-hybridized carbons (Fsp3) is 0.0455. The normalized spacial score (nSPS) is 11.8. The molecule has 0 aliphatic heterocycles. The van der Waals surface area contributed by atoms with Crippen molar-refractivity contribution in [2.24, 2.45) is 0 Å². The number of allylic oxidation sites excluding steroid dienone is 1. The highest BCUT2D eigenvalue weighted by atomic mass is 35.5. The van der Waals surface area contributed by atoms with Crippen LogP contribution in [0.4, 0.5) is 0 Å². The van der Waals surface area contributed by atoms with Crippen molar-refractivity contribution >= 4 is 51.8 Å². The fourth-order valence-electron chi connectivity index (χ4n) is 2.99. The Morgan fingerprint density at radius 1 is 0.964 bits per heavy atom. The van der Waals surface area contributed by atoms with Crippen molar-refractivity contribution in [2.75, 3.05) is 0 Å². The summed E-state index contributed by atoms with van der Waals surface area (Å²) in [6.07, 6.45) is 1.78. The second kappa shape index (κ2) is 7.58. The lowest BCUT2D eigenvalue weighted by Gasteiger charge is -2.09. The second-order valence-corrected chi connectivity index (χ2v) is 7.29. The Morgan fingerprint density at radius 2 is 1.71 bits per heavy atom. The summed E-state index contributed by atoms with van der Waals surface area (Å²) in [7, 11) is 0. The predicted octanol–water partition coefficient (Wildman–Crippen LogP) is 5.93. The monoisotopic (exact) mass is 407 g/mol. The van der Waals surface area contributed by atoms with Crippen LogP contribution in [-0.2, 0) is 0 Å². The Labute approximate surface area is 172 Å². The Bertz CT molecular complexity index is 1230. The molecule has 0 saturated carbocycles. The van der Waals surface area contributed by atoms with E-state index < -0.39 is 0 Å². The molecule has 0 saturated heterocycles. The Balaban J connectivity index is 1.88. The number of benzene rings is 3. The zero-order valence-electron chi connectivity index (χ0n) is 14.9. The molecule has 0 unspecified atom stereocenters. The van der Waals surface area contributed by atoms with E-state index in [2.05, 4.69) is 10.3 Å². The van der Waals surface area contributed by atoms with Crippen LogP contribution >= 0.6 is 23.2 Å². The zero-order chi connectivity index (χ0) is 19.7. The van der Waals surface area contributed by atoms with Gasteiger partial charge in [0.05, 0.1) is 5.52 Å². The first-order valence-electron chi connectivity index (χ1n) is 8.61. The van der Waals surface area contributed by atoms with Gasteiger partial charge < -0.3 is 0 Å². The fourth-order valence-corrected chi connectivity index (χ4v) is 3.37. The summed E-state index contributed by atoms with van der Waals surface area (Å²) in [5.74, 6) is -0.298. The highest BCUT2D eigenvalue weighted by Crippen LogP contribution is 2.25. The summed E-state index contributed by atoms with van der Waals surface area (Å²) >= 11 is 12.3. The van der Waals surface area contributed by atoms with E-state index in [-0.39, 0.29) is 5.91 Å². The van der Waals surface area contributed by atoms with Crippen molar-refractivity contribution < 1.29 is 4.79 Å². The molecule has 0 spiro atoms. The van der Waals surface area contributed by atoms with Gasteiger partial charge in [0, 0.05) is 15.6 Å². The van der Waals surface area contributed by atoms with Crippen LogP contribution < -0.4 is 0 Å². The van der Waals surface area contributed by atoms with Crippen LogP contribution in [0.15, 0.2) is 66.7 Å². The molecule has 0 aliphatic carbocycles. The molecule has 0 aliphatic rings. The van der Waals surface area contributed by atoms with E-state index in [0.29, 0.717) is 32.2 Å². The third-order valence-electron chi connectivity index (χ3n) is 4.32. The molecule has 0 bridgehead atoms. The largest absolute Gasteiger partial charge is 0.280 e. The van der Waals surface area contributed by atoms with E-state index in [0.717, 1.165) is 11.1 Å². The van der Waals surface area contributed by atoms with Gasteiger partial charge in [-0.25, -0.2) is 0 Å². The van der Waals surface area contributed by atoms with Gasteiger partial charge >= 0.3 is 0 Å². The molecule has 3 aromatic carbocycles. The number of hydrogen-bond acceptors (Lipinski definition) is 3. The molecule has 28 heavy (non-hydrogen) atoms. The molecule has 0 fully saturated rings. The third kappa shape index (κ3) is 3.70. The van der Waals surface area contributed by atoms with E-state index in [9.17, 15) is 4.79 Å². The second-order valence-electron chi connectivity index (χ2n) is 6.42. The maximum Gasteiger partial charge on any atom is 0.280 e. The summed E-state index contributed by atoms with van der Waals surface area (Å²) in [5, 5.41) is 9.35. The molecule has 1 heterocycles. The number of carbonyl (C=O) groups is 1. The summed E-state index contributed by atoms with van der Waals surface area (Å²) < 4.78 is 1.31. The number of aryl methyl sites for hydroxylation is 1.